The number of fused-ring (bicyclic) bond motifs is 1. The molecule has 3 heterocycles. The highest BCUT2D eigenvalue weighted by Gasteiger charge is 2.13. The van der Waals surface area contributed by atoms with Gasteiger partial charge >= 0.3 is 0 Å². The third kappa shape index (κ3) is 3.88. The number of rotatable bonds is 5. The molecule has 126 valence electrons. The summed E-state index contributed by atoms with van der Waals surface area (Å²) in [6.07, 6.45) is 0. The lowest BCUT2D eigenvalue weighted by molar-refractivity contribution is 0.666. The van der Waals surface area contributed by atoms with E-state index in [1.807, 2.05) is 22.9 Å². The van der Waals surface area contributed by atoms with Crippen molar-refractivity contribution in [2.24, 2.45) is 16.6 Å². The molecule has 0 bridgehead atoms. The summed E-state index contributed by atoms with van der Waals surface area (Å²) in [7, 11) is 0. The number of nitrogens with two attached hydrogens (primary N) is 1. The lowest BCUT2D eigenvalue weighted by atomic mass is 10.2. The van der Waals surface area contributed by atoms with Crippen molar-refractivity contribution in [3.05, 3.63) is 39.1 Å². The zero-order chi connectivity index (χ0) is 17.1. The summed E-state index contributed by atoms with van der Waals surface area (Å²) in [6.45, 7) is 4.89. The van der Waals surface area contributed by atoms with E-state index in [9.17, 15) is 4.79 Å². The van der Waals surface area contributed by atoms with E-state index in [1.54, 1.807) is 11.3 Å². The lowest BCUT2D eigenvalue weighted by Gasteiger charge is -2.03. The zero-order valence-electron chi connectivity index (χ0n) is 13.4. The van der Waals surface area contributed by atoms with Gasteiger partial charge in [-0.15, -0.1) is 22.7 Å². The van der Waals surface area contributed by atoms with E-state index in [4.69, 9.17) is 5.73 Å². The highest BCUT2D eigenvalue weighted by atomic mass is 32.2. The van der Waals surface area contributed by atoms with Gasteiger partial charge in [-0.05, 0) is 17.4 Å². The van der Waals surface area contributed by atoms with Crippen LogP contribution < -0.4 is 11.3 Å². The van der Waals surface area contributed by atoms with Crippen molar-refractivity contribution in [3.63, 3.8) is 0 Å². The SMILES string of the molecule is CC(C)CN=C(N)SCc1nc2scc(-c3cccs3)c2c(=O)[nH]1. The Morgan fingerprint density at radius 3 is 3.00 bits per heavy atom. The summed E-state index contributed by atoms with van der Waals surface area (Å²) in [5.41, 5.74) is 6.74. The van der Waals surface area contributed by atoms with Crippen LogP contribution in [0.4, 0.5) is 0 Å². The van der Waals surface area contributed by atoms with E-state index in [0.29, 0.717) is 34.6 Å². The van der Waals surface area contributed by atoms with Crippen LogP contribution in [0, 0.1) is 5.92 Å². The second-order valence-corrected chi connectivity index (χ2v) is 8.48. The van der Waals surface area contributed by atoms with E-state index in [1.165, 1.54) is 23.1 Å². The van der Waals surface area contributed by atoms with Crippen molar-refractivity contribution in [2.45, 2.75) is 19.6 Å². The molecule has 0 aliphatic carbocycles. The Morgan fingerprint density at radius 2 is 2.29 bits per heavy atom. The van der Waals surface area contributed by atoms with Crippen LogP contribution in [-0.2, 0) is 5.75 Å². The predicted molar refractivity (Wildman–Crippen MR) is 106 cm³/mol. The van der Waals surface area contributed by atoms with Crippen LogP contribution in [0.15, 0.2) is 32.7 Å². The number of amidine groups is 1. The number of aliphatic imine (C=N–C) groups is 1. The van der Waals surface area contributed by atoms with Crippen molar-refractivity contribution in [2.75, 3.05) is 6.54 Å². The molecule has 3 N–H and O–H groups in total. The molecule has 5 nitrogen and oxygen atoms in total. The van der Waals surface area contributed by atoms with E-state index >= 15 is 0 Å². The van der Waals surface area contributed by atoms with Gasteiger partial charge < -0.3 is 10.7 Å². The summed E-state index contributed by atoms with van der Waals surface area (Å²) < 4.78 is 0. The van der Waals surface area contributed by atoms with E-state index in [0.717, 1.165) is 15.3 Å². The number of aromatic nitrogens is 2. The number of nitrogens with zero attached hydrogens (tertiary/aromatic N) is 2. The number of aromatic amines is 1. The molecule has 0 aromatic carbocycles. The Kier molecular flexibility index (Phi) is 5.37. The first-order chi connectivity index (χ1) is 11.5. The van der Waals surface area contributed by atoms with Gasteiger partial charge in [-0.25, -0.2) is 4.98 Å². The van der Waals surface area contributed by atoms with Gasteiger partial charge in [0.1, 0.15) is 10.7 Å². The number of H-pyrrole nitrogens is 1. The fourth-order valence-electron chi connectivity index (χ4n) is 2.14. The van der Waals surface area contributed by atoms with Gasteiger partial charge in [-0.1, -0.05) is 31.7 Å². The van der Waals surface area contributed by atoms with Crippen LogP contribution in [0.25, 0.3) is 20.7 Å². The van der Waals surface area contributed by atoms with Gasteiger partial charge in [0.15, 0.2) is 5.17 Å². The standard InChI is InChI=1S/C16H18N4OS3/c1-9(2)6-18-16(17)24-8-12-19-14(21)13-10(7-23-15(13)20-12)11-4-3-5-22-11/h3-5,7,9H,6,8H2,1-2H3,(H2,17,18)(H,19,20,21). The molecule has 0 saturated carbocycles. The van der Waals surface area contributed by atoms with Crippen LogP contribution in [-0.4, -0.2) is 21.7 Å². The first-order valence-corrected chi connectivity index (χ1v) is 10.3. The Balaban J connectivity index is 1.82. The van der Waals surface area contributed by atoms with Gasteiger partial charge in [0, 0.05) is 22.4 Å². The number of hydrogen-bond acceptors (Lipinski definition) is 6. The quantitative estimate of drug-likeness (QED) is 0.521. The largest absolute Gasteiger partial charge is 0.379 e. The summed E-state index contributed by atoms with van der Waals surface area (Å²) in [5, 5.41) is 5.19. The number of hydrogen-bond donors (Lipinski definition) is 2. The highest BCUT2D eigenvalue weighted by Crippen LogP contribution is 2.33. The summed E-state index contributed by atoms with van der Waals surface area (Å²) >= 11 is 4.51. The average Bonchev–Trinajstić information content (AvgIpc) is 3.19. The fourth-order valence-corrected chi connectivity index (χ4v) is 4.50. The highest BCUT2D eigenvalue weighted by molar-refractivity contribution is 8.13. The van der Waals surface area contributed by atoms with E-state index < -0.39 is 0 Å². The fraction of sp³-hybridized carbons (Fsp3) is 0.312. The van der Waals surface area contributed by atoms with E-state index in [-0.39, 0.29) is 5.56 Å². The van der Waals surface area contributed by atoms with Crippen molar-refractivity contribution < 1.29 is 0 Å². The van der Waals surface area contributed by atoms with Crippen LogP contribution in [0.2, 0.25) is 0 Å². The third-order valence-electron chi connectivity index (χ3n) is 3.25. The maximum atomic E-state index is 12.5. The smallest absolute Gasteiger partial charge is 0.260 e. The summed E-state index contributed by atoms with van der Waals surface area (Å²) in [5.74, 6) is 1.60. The topological polar surface area (TPSA) is 84.1 Å². The molecule has 3 rings (SSSR count). The molecule has 8 heteroatoms. The molecular weight excluding hydrogens is 360 g/mol. The Hall–Kier alpha value is -1.64. The maximum absolute atomic E-state index is 12.5. The van der Waals surface area contributed by atoms with Crippen molar-refractivity contribution in [1.29, 1.82) is 0 Å². The molecule has 24 heavy (non-hydrogen) atoms. The molecule has 0 amide bonds. The number of thioether (sulfide) groups is 1. The molecular formula is C16H18N4OS3. The molecule has 0 aliphatic rings. The number of thiophene rings is 2. The van der Waals surface area contributed by atoms with Crippen LogP contribution >= 0.6 is 34.4 Å². The Bertz CT molecular complexity index is 909. The molecule has 0 radical (unpaired) electrons. The second-order valence-electron chi connectivity index (χ2n) is 5.68. The van der Waals surface area contributed by atoms with Gasteiger partial charge in [0.25, 0.3) is 5.56 Å². The van der Waals surface area contributed by atoms with Gasteiger partial charge in [-0.2, -0.15) is 0 Å². The molecule has 0 aliphatic heterocycles. The number of nitrogens with one attached hydrogen (secondary N) is 1. The molecule has 3 aromatic rings. The van der Waals surface area contributed by atoms with Gasteiger partial charge in [-0.3, -0.25) is 9.79 Å². The summed E-state index contributed by atoms with van der Waals surface area (Å²) in [4.78, 5) is 26.1. The van der Waals surface area contributed by atoms with Gasteiger partial charge in [0.2, 0.25) is 0 Å². The van der Waals surface area contributed by atoms with Crippen molar-refractivity contribution in [1.82, 2.24) is 9.97 Å². The first-order valence-electron chi connectivity index (χ1n) is 7.51. The van der Waals surface area contributed by atoms with Gasteiger partial charge in [0.05, 0.1) is 11.1 Å². The summed E-state index contributed by atoms with van der Waals surface area (Å²) in [6, 6.07) is 4.00. The zero-order valence-corrected chi connectivity index (χ0v) is 15.9. The monoisotopic (exact) mass is 378 g/mol. The average molecular weight is 379 g/mol. The van der Waals surface area contributed by atoms with E-state index in [2.05, 4.69) is 28.8 Å². The molecule has 0 atom stereocenters. The van der Waals surface area contributed by atoms with Crippen molar-refractivity contribution >= 4 is 49.8 Å². The normalized spacial score (nSPS) is 12.4. The molecule has 0 spiro atoms. The first kappa shape index (κ1) is 17.2. The third-order valence-corrected chi connectivity index (χ3v) is 5.87. The van der Waals surface area contributed by atoms with Crippen LogP contribution in [0.1, 0.15) is 19.7 Å². The van der Waals surface area contributed by atoms with Crippen LogP contribution in [0.5, 0.6) is 0 Å². The van der Waals surface area contributed by atoms with Crippen molar-refractivity contribution in [3.8, 4) is 10.4 Å². The second kappa shape index (κ2) is 7.50. The van der Waals surface area contributed by atoms with Crippen LogP contribution in [0.3, 0.4) is 0 Å². The Labute approximate surface area is 152 Å². The molecule has 0 fully saturated rings. The molecule has 0 saturated heterocycles. The lowest BCUT2D eigenvalue weighted by Crippen LogP contribution is -2.13. The molecule has 0 unspecified atom stereocenters. The predicted octanol–water partition coefficient (Wildman–Crippen LogP) is 3.92. The minimum Gasteiger partial charge on any atom is -0.379 e. The maximum Gasteiger partial charge on any atom is 0.260 e. The molecule has 3 aromatic heterocycles. The minimum atomic E-state index is -0.0991. The minimum absolute atomic E-state index is 0.0991. The Morgan fingerprint density at radius 1 is 1.46 bits per heavy atom.